The van der Waals surface area contributed by atoms with E-state index in [0.29, 0.717) is 13.1 Å². The molecular formula is C12H13N5S. The zero-order valence-electron chi connectivity index (χ0n) is 9.78. The maximum Gasteiger partial charge on any atom is 0.115 e. The molecule has 1 aromatic carbocycles. The van der Waals surface area contributed by atoms with Gasteiger partial charge in [-0.3, -0.25) is 0 Å². The maximum atomic E-state index is 5.49. The van der Waals surface area contributed by atoms with Crippen LogP contribution in [0.15, 0.2) is 30.5 Å². The Morgan fingerprint density at radius 1 is 1.28 bits per heavy atom. The van der Waals surface area contributed by atoms with Crippen molar-refractivity contribution in [2.75, 3.05) is 6.54 Å². The Kier molecular flexibility index (Phi) is 3.04. The molecule has 0 saturated heterocycles. The van der Waals surface area contributed by atoms with Crippen LogP contribution in [0.4, 0.5) is 0 Å². The third-order valence-corrected chi connectivity index (χ3v) is 3.64. The normalized spacial score (nSPS) is 11.2. The molecule has 2 heterocycles. The van der Waals surface area contributed by atoms with E-state index in [0.717, 1.165) is 22.6 Å². The highest BCUT2D eigenvalue weighted by Gasteiger charge is 2.05. The first-order valence-electron chi connectivity index (χ1n) is 5.78. The van der Waals surface area contributed by atoms with Crippen molar-refractivity contribution in [1.82, 2.24) is 20.0 Å². The first kappa shape index (κ1) is 11.3. The van der Waals surface area contributed by atoms with Crippen LogP contribution in [0.5, 0.6) is 0 Å². The summed E-state index contributed by atoms with van der Waals surface area (Å²) in [5.74, 6) is 0. The van der Waals surface area contributed by atoms with Crippen LogP contribution in [0.25, 0.3) is 10.2 Å². The first-order valence-corrected chi connectivity index (χ1v) is 6.60. The van der Waals surface area contributed by atoms with E-state index in [9.17, 15) is 0 Å². The second kappa shape index (κ2) is 4.83. The van der Waals surface area contributed by atoms with E-state index < -0.39 is 0 Å². The maximum absolute atomic E-state index is 5.49. The van der Waals surface area contributed by atoms with Crippen molar-refractivity contribution >= 4 is 21.6 Å². The summed E-state index contributed by atoms with van der Waals surface area (Å²) in [6.07, 6.45) is 2.69. The molecule has 0 bridgehead atoms. The number of thiazole rings is 1. The molecule has 92 valence electrons. The average molecular weight is 259 g/mol. The van der Waals surface area contributed by atoms with E-state index >= 15 is 0 Å². The molecular weight excluding hydrogens is 246 g/mol. The lowest BCUT2D eigenvalue weighted by Gasteiger charge is -1.93. The highest BCUT2D eigenvalue weighted by molar-refractivity contribution is 7.18. The Morgan fingerprint density at radius 3 is 3.00 bits per heavy atom. The summed E-state index contributed by atoms with van der Waals surface area (Å²) < 4.78 is 3.01. The Balaban J connectivity index is 1.82. The molecule has 0 radical (unpaired) electrons. The highest BCUT2D eigenvalue weighted by atomic mass is 32.1. The third kappa shape index (κ3) is 2.25. The first-order chi connectivity index (χ1) is 8.85. The molecule has 0 atom stereocenters. The van der Waals surface area contributed by atoms with Gasteiger partial charge in [-0.2, -0.15) is 0 Å². The molecule has 0 saturated carbocycles. The van der Waals surface area contributed by atoms with Crippen molar-refractivity contribution in [1.29, 1.82) is 0 Å². The molecule has 0 aliphatic rings. The zero-order chi connectivity index (χ0) is 12.4. The van der Waals surface area contributed by atoms with Gasteiger partial charge in [-0.1, -0.05) is 17.3 Å². The summed E-state index contributed by atoms with van der Waals surface area (Å²) in [7, 11) is 0. The number of aromatic nitrogens is 4. The Bertz CT molecular complexity index is 624. The minimum atomic E-state index is 0.597. The van der Waals surface area contributed by atoms with Crippen LogP contribution in [-0.2, 0) is 13.0 Å². The standard InChI is InChI=1S/C12H13N5S/c13-6-5-9-7-17(16-15-9)8-12-14-10-3-1-2-4-11(10)18-12/h1-4,7H,5-6,8,13H2. The minimum Gasteiger partial charge on any atom is -0.330 e. The van der Waals surface area contributed by atoms with Gasteiger partial charge in [-0.05, 0) is 18.7 Å². The Morgan fingerprint density at radius 2 is 2.17 bits per heavy atom. The molecule has 0 unspecified atom stereocenters. The van der Waals surface area contributed by atoms with E-state index in [-0.39, 0.29) is 0 Å². The number of nitrogens with two attached hydrogens (primary N) is 1. The van der Waals surface area contributed by atoms with Crippen molar-refractivity contribution in [2.24, 2.45) is 5.73 Å². The number of rotatable bonds is 4. The van der Waals surface area contributed by atoms with Gasteiger partial charge in [0.2, 0.25) is 0 Å². The molecule has 3 aromatic rings. The molecule has 0 aliphatic carbocycles. The van der Waals surface area contributed by atoms with Crippen LogP contribution in [-0.4, -0.2) is 26.5 Å². The Labute approximate surface area is 108 Å². The van der Waals surface area contributed by atoms with Gasteiger partial charge < -0.3 is 5.73 Å². The third-order valence-electron chi connectivity index (χ3n) is 2.62. The van der Waals surface area contributed by atoms with Crippen LogP contribution < -0.4 is 5.73 Å². The van der Waals surface area contributed by atoms with Gasteiger partial charge in [-0.15, -0.1) is 16.4 Å². The topological polar surface area (TPSA) is 69.6 Å². The van der Waals surface area contributed by atoms with E-state index in [2.05, 4.69) is 21.4 Å². The lowest BCUT2D eigenvalue weighted by atomic mass is 10.3. The van der Waals surface area contributed by atoms with Gasteiger partial charge >= 0.3 is 0 Å². The Hall–Kier alpha value is -1.79. The summed E-state index contributed by atoms with van der Waals surface area (Å²) in [4.78, 5) is 4.57. The molecule has 6 heteroatoms. The number of para-hydroxylation sites is 1. The molecule has 0 spiro atoms. The number of hydrogen-bond donors (Lipinski definition) is 1. The SMILES string of the molecule is NCCc1cn(Cc2nc3ccccc3s2)nn1. The molecule has 5 nitrogen and oxygen atoms in total. The van der Waals surface area contributed by atoms with Gasteiger partial charge in [0.1, 0.15) is 5.01 Å². The van der Waals surface area contributed by atoms with E-state index in [4.69, 9.17) is 5.73 Å². The van der Waals surface area contributed by atoms with Crippen molar-refractivity contribution < 1.29 is 0 Å². The van der Waals surface area contributed by atoms with Gasteiger partial charge in [0.05, 0.1) is 22.5 Å². The largest absolute Gasteiger partial charge is 0.330 e. The smallest absolute Gasteiger partial charge is 0.115 e. The van der Waals surface area contributed by atoms with Crippen LogP contribution in [0, 0.1) is 0 Å². The quantitative estimate of drug-likeness (QED) is 0.769. The van der Waals surface area contributed by atoms with E-state index in [1.807, 2.05) is 29.1 Å². The summed E-state index contributed by atoms with van der Waals surface area (Å²) in [6, 6.07) is 8.13. The second-order valence-electron chi connectivity index (χ2n) is 4.02. The van der Waals surface area contributed by atoms with Crippen LogP contribution >= 0.6 is 11.3 Å². The predicted octanol–water partition coefficient (Wildman–Crippen LogP) is 1.44. The fourth-order valence-corrected chi connectivity index (χ4v) is 2.76. The predicted molar refractivity (Wildman–Crippen MR) is 71.5 cm³/mol. The molecule has 0 amide bonds. The number of fused-ring (bicyclic) bond motifs is 1. The monoisotopic (exact) mass is 259 g/mol. The summed E-state index contributed by atoms with van der Waals surface area (Å²) >= 11 is 1.69. The van der Waals surface area contributed by atoms with Crippen molar-refractivity contribution in [2.45, 2.75) is 13.0 Å². The van der Waals surface area contributed by atoms with Crippen LogP contribution in [0.3, 0.4) is 0 Å². The lowest BCUT2D eigenvalue weighted by Crippen LogP contribution is -2.02. The molecule has 0 aliphatic heterocycles. The summed E-state index contributed by atoms with van der Waals surface area (Å²) in [5, 5.41) is 9.19. The van der Waals surface area contributed by atoms with Crippen LogP contribution in [0.2, 0.25) is 0 Å². The summed E-state index contributed by atoms with van der Waals surface area (Å²) in [6.45, 7) is 1.26. The van der Waals surface area contributed by atoms with Gasteiger partial charge in [-0.25, -0.2) is 9.67 Å². The highest BCUT2D eigenvalue weighted by Crippen LogP contribution is 2.21. The number of nitrogens with zero attached hydrogens (tertiary/aromatic N) is 4. The fourth-order valence-electron chi connectivity index (χ4n) is 1.80. The van der Waals surface area contributed by atoms with E-state index in [1.54, 1.807) is 11.3 Å². The van der Waals surface area contributed by atoms with Gasteiger partial charge in [0.25, 0.3) is 0 Å². The summed E-state index contributed by atoms with van der Waals surface area (Å²) in [5.41, 5.74) is 7.46. The molecule has 18 heavy (non-hydrogen) atoms. The van der Waals surface area contributed by atoms with E-state index in [1.165, 1.54) is 4.70 Å². The molecule has 0 fully saturated rings. The van der Waals surface area contributed by atoms with Crippen molar-refractivity contribution in [3.63, 3.8) is 0 Å². The lowest BCUT2D eigenvalue weighted by molar-refractivity contribution is 0.647. The second-order valence-corrected chi connectivity index (χ2v) is 5.14. The van der Waals surface area contributed by atoms with Gasteiger partial charge in [0, 0.05) is 12.6 Å². The van der Waals surface area contributed by atoms with Gasteiger partial charge in [0.15, 0.2) is 0 Å². The molecule has 2 aromatic heterocycles. The molecule has 2 N–H and O–H groups in total. The minimum absolute atomic E-state index is 0.597. The van der Waals surface area contributed by atoms with Crippen molar-refractivity contribution in [3.8, 4) is 0 Å². The fraction of sp³-hybridized carbons (Fsp3) is 0.250. The number of hydrogen-bond acceptors (Lipinski definition) is 5. The van der Waals surface area contributed by atoms with Crippen LogP contribution in [0.1, 0.15) is 10.7 Å². The molecule has 3 rings (SSSR count). The van der Waals surface area contributed by atoms with Crippen molar-refractivity contribution in [3.05, 3.63) is 41.2 Å². The average Bonchev–Trinajstić information content (AvgIpc) is 2.96. The number of benzene rings is 1. The zero-order valence-corrected chi connectivity index (χ0v) is 10.6.